The minimum absolute atomic E-state index is 0.104. The molecule has 0 heterocycles. The van der Waals surface area contributed by atoms with Crippen molar-refractivity contribution in [2.75, 3.05) is 5.32 Å². The highest BCUT2D eigenvalue weighted by atomic mass is 35.5. The van der Waals surface area contributed by atoms with Crippen LogP contribution in [0, 0.1) is 28.5 Å². The second-order valence-electron chi connectivity index (χ2n) is 4.55. The van der Waals surface area contributed by atoms with E-state index in [9.17, 15) is 4.39 Å². The van der Waals surface area contributed by atoms with Gasteiger partial charge in [0.05, 0.1) is 0 Å². The SMILES string of the molecule is N#CC(C#N)=C(Nc1cccc(F)c1)SCc1c(Cl)cccc1Cl. The van der Waals surface area contributed by atoms with E-state index in [4.69, 9.17) is 33.7 Å². The first-order valence-corrected chi connectivity index (χ1v) is 8.42. The van der Waals surface area contributed by atoms with Crippen LogP contribution in [-0.4, -0.2) is 0 Å². The van der Waals surface area contributed by atoms with Crippen LogP contribution in [0.3, 0.4) is 0 Å². The van der Waals surface area contributed by atoms with Gasteiger partial charge in [-0.05, 0) is 35.9 Å². The molecule has 0 saturated heterocycles. The van der Waals surface area contributed by atoms with E-state index in [-0.39, 0.29) is 5.57 Å². The van der Waals surface area contributed by atoms with Crippen molar-refractivity contribution in [3.8, 4) is 12.1 Å². The van der Waals surface area contributed by atoms with Crippen molar-refractivity contribution in [3.63, 3.8) is 0 Å². The standard InChI is InChI=1S/C17H10Cl2FN3S/c18-15-5-2-6-16(19)14(15)10-24-17(11(8-21)9-22)23-13-4-1-3-12(20)7-13/h1-7,23H,10H2. The second kappa shape index (κ2) is 8.61. The van der Waals surface area contributed by atoms with Gasteiger partial charge in [-0.1, -0.05) is 35.3 Å². The monoisotopic (exact) mass is 377 g/mol. The quantitative estimate of drug-likeness (QED) is 0.675. The summed E-state index contributed by atoms with van der Waals surface area (Å²) < 4.78 is 13.3. The fraction of sp³-hybridized carbons (Fsp3) is 0.0588. The van der Waals surface area contributed by atoms with Gasteiger partial charge >= 0.3 is 0 Å². The number of hydrogen-bond acceptors (Lipinski definition) is 4. The van der Waals surface area contributed by atoms with Gasteiger partial charge in [-0.25, -0.2) is 4.39 Å². The van der Waals surface area contributed by atoms with Gasteiger partial charge in [0.1, 0.15) is 23.0 Å². The van der Waals surface area contributed by atoms with Crippen LogP contribution in [0.2, 0.25) is 10.0 Å². The molecule has 2 aromatic rings. The van der Waals surface area contributed by atoms with Crippen LogP contribution in [-0.2, 0) is 5.75 Å². The molecular weight excluding hydrogens is 368 g/mol. The first-order valence-electron chi connectivity index (χ1n) is 6.68. The fourth-order valence-corrected chi connectivity index (χ4v) is 3.52. The Kier molecular flexibility index (Phi) is 6.52. The number of hydrogen-bond donors (Lipinski definition) is 1. The zero-order valence-corrected chi connectivity index (χ0v) is 14.5. The largest absolute Gasteiger partial charge is 0.348 e. The number of nitriles is 2. The Morgan fingerprint density at radius 2 is 1.71 bits per heavy atom. The summed E-state index contributed by atoms with van der Waals surface area (Å²) in [6.45, 7) is 0. The molecule has 3 nitrogen and oxygen atoms in total. The summed E-state index contributed by atoms with van der Waals surface area (Å²) in [6.07, 6.45) is 0. The zero-order valence-electron chi connectivity index (χ0n) is 12.2. The molecule has 0 atom stereocenters. The van der Waals surface area contributed by atoms with Gasteiger partial charge in [-0.3, -0.25) is 0 Å². The van der Waals surface area contributed by atoms with E-state index in [2.05, 4.69) is 5.32 Å². The number of halogens is 3. The molecule has 0 saturated carbocycles. The summed E-state index contributed by atoms with van der Waals surface area (Å²) in [7, 11) is 0. The Morgan fingerprint density at radius 1 is 1.08 bits per heavy atom. The molecular formula is C17H10Cl2FN3S. The van der Waals surface area contributed by atoms with Crippen LogP contribution in [0.4, 0.5) is 10.1 Å². The number of anilines is 1. The molecule has 0 fully saturated rings. The molecule has 0 bridgehead atoms. The van der Waals surface area contributed by atoms with Crippen molar-refractivity contribution >= 4 is 40.7 Å². The Morgan fingerprint density at radius 3 is 2.29 bits per heavy atom. The summed E-state index contributed by atoms with van der Waals surface area (Å²) >= 11 is 13.4. The number of benzene rings is 2. The smallest absolute Gasteiger partial charge is 0.159 e. The summed E-state index contributed by atoms with van der Waals surface area (Å²) in [5.41, 5.74) is 1.03. The predicted molar refractivity (Wildman–Crippen MR) is 96.0 cm³/mol. The summed E-state index contributed by atoms with van der Waals surface area (Å²) in [5.74, 6) is -0.0720. The molecule has 0 aliphatic carbocycles. The third-order valence-corrected chi connectivity index (χ3v) is 4.69. The van der Waals surface area contributed by atoms with Crippen LogP contribution >= 0.6 is 35.0 Å². The lowest BCUT2D eigenvalue weighted by molar-refractivity contribution is 0.628. The van der Waals surface area contributed by atoms with Gasteiger partial charge in [0, 0.05) is 21.5 Å². The van der Waals surface area contributed by atoms with Crippen LogP contribution in [0.15, 0.2) is 53.1 Å². The van der Waals surface area contributed by atoms with Crippen LogP contribution in [0.1, 0.15) is 5.56 Å². The molecule has 0 amide bonds. The Labute approximate surface area is 153 Å². The van der Waals surface area contributed by atoms with Crippen LogP contribution in [0.5, 0.6) is 0 Å². The van der Waals surface area contributed by atoms with Crippen LogP contribution < -0.4 is 5.32 Å². The first-order chi connectivity index (χ1) is 11.5. The van der Waals surface area contributed by atoms with E-state index in [1.54, 1.807) is 24.3 Å². The van der Waals surface area contributed by atoms with E-state index >= 15 is 0 Å². The average molecular weight is 378 g/mol. The van der Waals surface area contributed by atoms with E-state index in [1.807, 2.05) is 12.1 Å². The highest BCUT2D eigenvalue weighted by Gasteiger charge is 2.12. The Bertz CT molecular complexity index is 833. The summed E-state index contributed by atoms with van der Waals surface area (Å²) in [6, 6.07) is 14.6. The Hall–Kier alpha value is -2.18. The normalized spacial score (nSPS) is 9.71. The number of thioether (sulfide) groups is 1. The molecule has 0 radical (unpaired) electrons. The number of nitrogens with zero attached hydrogens (tertiary/aromatic N) is 2. The van der Waals surface area contributed by atoms with Crippen molar-refractivity contribution in [2.45, 2.75) is 5.75 Å². The maximum absolute atomic E-state index is 13.3. The van der Waals surface area contributed by atoms with E-state index < -0.39 is 5.82 Å². The number of nitrogens with one attached hydrogen (secondary N) is 1. The lowest BCUT2D eigenvalue weighted by Gasteiger charge is -2.12. The third-order valence-electron chi connectivity index (χ3n) is 2.96. The maximum Gasteiger partial charge on any atom is 0.159 e. The average Bonchev–Trinajstić information content (AvgIpc) is 2.55. The van der Waals surface area contributed by atoms with Crippen molar-refractivity contribution in [1.82, 2.24) is 0 Å². The maximum atomic E-state index is 13.3. The molecule has 0 aromatic heterocycles. The van der Waals surface area contributed by atoms with Crippen LogP contribution in [0.25, 0.3) is 0 Å². The molecule has 1 N–H and O–H groups in total. The van der Waals surface area contributed by atoms with Crippen molar-refractivity contribution in [1.29, 1.82) is 10.5 Å². The topological polar surface area (TPSA) is 59.6 Å². The minimum atomic E-state index is -0.422. The molecule has 0 unspecified atom stereocenters. The highest BCUT2D eigenvalue weighted by Crippen LogP contribution is 2.32. The number of allylic oxidation sites excluding steroid dienone is 1. The molecule has 0 spiro atoms. The third kappa shape index (κ3) is 4.66. The van der Waals surface area contributed by atoms with Gasteiger partial charge < -0.3 is 5.32 Å². The van der Waals surface area contributed by atoms with Gasteiger partial charge in [-0.15, -0.1) is 11.8 Å². The molecule has 2 rings (SSSR count). The van der Waals surface area contributed by atoms with Gasteiger partial charge in [0.2, 0.25) is 0 Å². The Balaban J connectivity index is 2.27. The van der Waals surface area contributed by atoms with Crippen molar-refractivity contribution in [2.24, 2.45) is 0 Å². The highest BCUT2D eigenvalue weighted by molar-refractivity contribution is 8.02. The van der Waals surface area contributed by atoms with Gasteiger partial charge in [-0.2, -0.15) is 10.5 Å². The fourth-order valence-electron chi connectivity index (χ4n) is 1.81. The van der Waals surface area contributed by atoms with E-state index in [1.165, 1.54) is 30.0 Å². The van der Waals surface area contributed by atoms with E-state index in [0.29, 0.717) is 32.1 Å². The first kappa shape index (κ1) is 18.2. The van der Waals surface area contributed by atoms with Crippen molar-refractivity contribution < 1.29 is 4.39 Å². The minimum Gasteiger partial charge on any atom is -0.348 e. The lowest BCUT2D eigenvalue weighted by atomic mass is 10.2. The zero-order chi connectivity index (χ0) is 17.5. The van der Waals surface area contributed by atoms with Gasteiger partial charge in [0.15, 0.2) is 5.57 Å². The number of rotatable bonds is 5. The lowest BCUT2D eigenvalue weighted by Crippen LogP contribution is -2.01. The molecule has 0 aliphatic rings. The molecule has 120 valence electrons. The molecule has 2 aromatic carbocycles. The summed E-state index contributed by atoms with van der Waals surface area (Å²) in [5, 5.41) is 22.5. The van der Waals surface area contributed by atoms with Gasteiger partial charge in [0.25, 0.3) is 0 Å². The predicted octanol–water partition coefficient (Wildman–Crippen LogP) is 5.74. The van der Waals surface area contributed by atoms with E-state index in [0.717, 1.165) is 0 Å². The molecule has 24 heavy (non-hydrogen) atoms. The summed E-state index contributed by atoms with van der Waals surface area (Å²) in [4.78, 5) is 0. The second-order valence-corrected chi connectivity index (χ2v) is 6.35. The van der Waals surface area contributed by atoms with Crippen molar-refractivity contribution in [3.05, 3.63) is 74.5 Å². The molecule has 7 heteroatoms. The molecule has 0 aliphatic heterocycles.